The molecule has 0 fully saturated rings. The Kier molecular flexibility index (Phi) is 3.23. The lowest BCUT2D eigenvalue weighted by Gasteiger charge is -2.25. The first-order valence-electron chi connectivity index (χ1n) is 8.33. The van der Waals surface area contributed by atoms with E-state index in [1.807, 2.05) is 0 Å². The zero-order chi connectivity index (χ0) is 20.7. The molecule has 1 heterocycles. The summed E-state index contributed by atoms with van der Waals surface area (Å²) in [6.07, 6.45) is -6.62. The Bertz CT molecular complexity index is 844. The van der Waals surface area contributed by atoms with E-state index in [1.54, 1.807) is 0 Å². The highest BCUT2D eigenvalue weighted by molar-refractivity contribution is 6.01. The van der Waals surface area contributed by atoms with Gasteiger partial charge in [0.1, 0.15) is 6.04 Å². The number of fused-ring (bicyclic) bond motifs is 1. The van der Waals surface area contributed by atoms with Crippen molar-refractivity contribution in [2.75, 3.05) is 7.11 Å². The van der Waals surface area contributed by atoms with Crippen LogP contribution in [0.1, 0.15) is 34.2 Å². The van der Waals surface area contributed by atoms with Crippen molar-refractivity contribution in [2.24, 2.45) is 5.73 Å². The van der Waals surface area contributed by atoms with Gasteiger partial charge in [0.05, 0.1) is 29.7 Å². The van der Waals surface area contributed by atoms with E-state index in [0.717, 1.165) is 13.2 Å². The number of carbonyl (C=O) groups is 3. The molecule has 122 valence electrons. The molecule has 1 aliphatic rings. The van der Waals surface area contributed by atoms with Crippen molar-refractivity contribution in [3.05, 3.63) is 39.4 Å². The predicted octanol–water partition coefficient (Wildman–Crippen LogP) is 0.358. The minimum absolute atomic E-state index is 0.0585. The van der Waals surface area contributed by atoms with E-state index in [0.29, 0.717) is 4.90 Å². The summed E-state index contributed by atoms with van der Waals surface area (Å²) in [6, 6.07) is 1.45. The van der Waals surface area contributed by atoms with E-state index in [9.17, 15) is 24.5 Å². The Morgan fingerprint density at radius 3 is 2.83 bits per heavy atom. The second kappa shape index (κ2) is 6.42. The standard InChI is InChI=1S/C14H15N3O6/c1-23-14(20)11(5-6-12(15)18)16-7-9-8(13(16)19)3-2-4-10(9)17(21)22/h2-4,11H,5-7H2,1H3,(H2,15,18)/i5D2,6D2. The summed E-state index contributed by atoms with van der Waals surface area (Å²) in [4.78, 5) is 47.3. The van der Waals surface area contributed by atoms with Crippen molar-refractivity contribution in [3.8, 4) is 0 Å². The third-order valence-corrected chi connectivity index (χ3v) is 3.24. The summed E-state index contributed by atoms with van der Waals surface area (Å²) in [5.74, 6) is -3.96. The predicted molar refractivity (Wildman–Crippen MR) is 77.2 cm³/mol. The largest absolute Gasteiger partial charge is 0.467 e. The van der Waals surface area contributed by atoms with Crippen LogP contribution in [0.25, 0.3) is 0 Å². The van der Waals surface area contributed by atoms with E-state index in [4.69, 9.17) is 11.2 Å². The van der Waals surface area contributed by atoms with Gasteiger partial charge in [-0.2, -0.15) is 0 Å². The number of carbonyl (C=O) groups excluding carboxylic acids is 3. The lowest BCUT2D eigenvalue weighted by molar-refractivity contribution is -0.385. The van der Waals surface area contributed by atoms with Gasteiger partial charge in [0, 0.05) is 17.9 Å². The Hall–Kier alpha value is -2.97. The van der Waals surface area contributed by atoms with Gasteiger partial charge in [-0.3, -0.25) is 19.7 Å². The lowest BCUT2D eigenvalue weighted by Crippen LogP contribution is -2.42. The second-order valence-corrected chi connectivity index (χ2v) is 4.55. The first kappa shape index (κ1) is 11.6. The average Bonchev–Trinajstić information content (AvgIpc) is 2.90. The Morgan fingerprint density at radius 1 is 1.57 bits per heavy atom. The number of amides is 2. The van der Waals surface area contributed by atoms with Crippen LogP contribution in [0.4, 0.5) is 5.69 Å². The van der Waals surface area contributed by atoms with Crippen LogP contribution < -0.4 is 5.73 Å². The van der Waals surface area contributed by atoms with Gasteiger partial charge in [-0.25, -0.2) is 4.79 Å². The summed E-state index contributed by atoms with van der Waals surface area (Å²) in [5, 5.41) is 11.2. The number of hydrogen-bond acceptors (Lipinski definition) is 6. The van der Waals surface area contributed by atoms with Crippen LogP contribution in [-0.4, -0.2) is 40.8 Å². The minimum atomic E-state index is -3.34. The molecule has 1 aliphatic heterocycles. The highest BCUT2D eigenvalue weighted by atomic mass is 16.6. The summed E-state index contributed by atoms with van der Waals surface area (Å²) in [5.41, 5.74) is 4.32. The summed E-state index contributed by atoms with van der Waals surface area (Å²) in [6.45, 7) is -0.542. The molecule has 2 amide bonds. The molecule has 23 heavy (non-hydrogen) atoms. The first-order chi connectivity index (χ1) is 12.4. The quantitative estimate of drug-likeness (QED) is 0.456. The molecule has 0 bridgehead atoms. The van der Waals surface area contributed by atoms with Crippen LogP contribution in [0.2, 0.25) is 0 Å². The second-order valence-electron chi connectivity index (χ2n) is 4.55. The number of esters is 1. The molecule has 1 unspecified atom stereocenters. The van der Waals surface area contributed by atoms with Crippen LogP contribution >= 0.6 is 0 Å². The molecule has 1 aromatic rings. The molecule has 9 nitrogen and oxygen atoms in total. The number of nitro groups is 1. The molecule has 0 spiro atoms. The maximum absolute atomic E-state index is 12.7. The molecular weight excluding hydrogens is 306 g/mol. The van der Waals surface area contributed by atoms with Crippen LogP contribution in [0.3, 0.4) is 0 Å². The molecule has 0 saturated heterocycles. The topological polar surface area (TPSA) is 133 Å². The molecule has 0 aromatic heterocycles. The number of nitrogens with zero attached hydrogens (tertiary/aromatic N) is 2. The Labute approximate surface area is 136 Å². The van der Waals surface area contributed by atoms with Crippen molar-refractivity contribution < 1.29 is 29.5 Å². The number of methoxy groups -OCH3 is 1. The highest BCUT2D eigenvalue weighted by Crippen LogP contribution is 2.32. The fourth-order valence-electron chi connectivity index (χ4n) is 2.23. The maximum Gasteiger partial charge on any atom is 0.328 e. The van der Waals surface area contributed by atoms with Gasteiger partial charge in [0.2, 0.25) is 5.91 Å². The molecule has 9 heteroatoms. The third kappa shape index (κ3) is 3.12. The minimum Gasteiger partial charge on any atom is -0.467 e. The zero-order valence-corrected chi connectivity index (χ0v) is 11.9. The first-order valence-corrected chi connectivity index (χ1v) is 6.33. The van der Waals surface area contributed by atoms with E-state index in [1.165, 1.54) is 12.1 Å². The number of primary amides is 1. The van der Waals surface area contributed by atoms with Crippen LogP contribution in [0, 0.1) is 10.1 Å². The highest BCUT2D eigenvalue weighted by Gasteiger charge is 2.40. The summed E-state index contributed by atoms with van der Waals surface area (Å²) >= 11 is 0. The van der Waals surface area contributed by atoms with Crippen molar-refractivity contribution in [1.29, 1.82) is 0 Å². The van der Waals surface area contributed by atoms with Crippen molar-refractivity contribution in [2.45, 2.75) is 25.3 Å². The maximum atomic E-state index is 12.7. The summed E-state index contributed by atoms with van der Waals surface area (Å²) < 4.78 is 35.8. The van der Waals surface area contributed by atoms with E-state index in [2.05, 4.69) is 4.74 Å². The number of hydrogen-bond donors (Lipinski definition) is 1. The van der Waals surface area contributed by atoms with Gasteiger partial charge in [-0.1, -0.05) is 6.07 Å². The fourth-order valence-corrected chi connectivity index (χ4v) is 2.23. The van der Waals surface area contributed by atoms with Crippen LogP contribution in [-0.2, 0) is 20.9 Å². The van der Waals surface area contributed by atoms with E-state index < -0.39 is 53.7 Å². The van der Waals surface area contributed by atoms with Gasteiger partial charge < -0.3 is 15.4 Å². The molecule has 2 N–H and O–H groups in total. The molecule has 0 saturated carbocycles. The zero-order valence-electron chi connectivity index (χ0n) is 15.9. The van der Waals surface area contributed by atoms with Gasteiger partial charge in [-0.05, 0) is 12.4 Å². The average molecular weight is 325 g/mol. The number of rotatable bonds is 6. The third-order valence-electron chi connectivity index (χ3n) is 3.24. The van der Waals surface area contributed by atoms with E-state index in [-0.39, 0.29) is 11.1 Å². The van der Waals surface area contributed by atoms with Crippen LogP contribution in [0.15, 0.2) is 18.2 Å². The molecule has 0 aliphatic carbocycles. The SMILES string of the molecule is [2H]C([2H])(C(N)=O)C([2H])([2H])C(C(=O)OC)N1Cc2c(cccc2[N+](=O)[O-])C1=O. The molecule has 0 radical (unpaired) electrons. The van der Waals surface area contributed by atoms with Gasteiger partial charge in [0.15, 0.2) is 0 Å². The Balaban J connectivity index is 2.59. The van der Waals surface area contributed by atoms with Crippen LogP contribution in [0.5, 0.6) is 0 Å². The molecule has 2 rings (SSSR count). The number of benzene rings is 1. The molecule has 1 aromatic carbocycles. The van der Waals surface area contributed by atoms with Crippen molar-refractivity contribution in [1.82, 2.24) is 4.90 Å². The summed E-state index contributed by atoms with van der Waals surface area (Å²) in [7, 11) is 0.890. The van der Waals surface area contributed by atoms with Gasteiger partial charge >= 0.3 is 5.97 Å². The lowest BCUT2D eigenvalue weighted by atomic mass is 10.1. The normalized spacial score (nSPS) is 18.1. The van der Waals surface area contributed by atoms with Crippen molar-refractivity contribution in [3.63, 3.8) is 0 Å². The molecule has 1 atom stereocenters. The molecular formula is C14H15N3O6. The number of nitrogens with two attached hydrogens (primary N) is 1. The Morgan fingerprint density at radius 2 is 2.26 bits per heavy atom. The number of nitro benzene ring substituents is 1. The van der Waals surface area contributed by atoms with Gasteiger partial charge in [0.25, 0.3) is 11.6 Å². The van der Waals surface area contributed by atoms with Crippen molar-refractivity contribution >= 4 is 23.5 Å². The number of ether oxygens (including phenoxy) is 1. The van der Waals surface area contributed by atoms with Gasteiger partial charge in [-0.15, -0.1) is 0 Å². The fraction of sp³-hybridized carbons (Fsp3) is 0.357. The smallest absolute Gasteiger partial charge is 0.328 e. The van der Waals surface area contributed by atoms with E-state index >= 15 is 0 Å². The monoisotopic (exact) mass is 325 g/mol.